The summed E-state index contributed by atoms with van der Waals surface area (Å²) in [5.74, 6) is 0. The summed E-state index contributed by atoms with van der Waals surface area (Å²) in [5.41, 5.74) is 8.97. The molecule has 0 saturated heterocycles. The summed E-state index contributed by atoms with van der Waals surface area (Å²) in [5, 5.41) is 0. The van der Waals surface area contributed by atoms with E-state index in [0.29, 0.717) is 6.54 Å². The molecule has 0 atom stereocenters. The molecule has 2 N–H and O–H groups in total. The number of pyridine rings is 1. The molecule has 0 aromatic carbocycles. The molecule has 0 radical (unpaired) electrons. The van der Waals surface area contributed by atoms with Crippen molar-refractivity contribution < 1.29 is 0 Å². The van der Waals surface area contributed by atoms with Crippen molar-refractivity contribution in [3.63, 3.8) is 0 Å². The van der Waals surface area contributed by atoms with Crippen LogP contribution in [0.2, 0.25) is 0 Å². The first-order chi connectivity index (χ1) is 6.63. The molecule has 1 heterocycles. The van der Waals surface area contributed by atoms with Gasteiger partial charge in [-0.25, -0.2) is 0 Å². The number of nitrogens with two attached hydrogens (primary N) is 1. The number of rotatable bonds is 4. The van der Waals surface area contributed by atoms with Gasteiger partial charge in [-0.15, -0.1) is 0 Å². The molecular weight excluding hydrogens is 174 g/mol. The van der Waals surface area contributed by atoms with Crippen LogP contribution in [0.5, 0.6) is 0 Å². The summed E-state index contributed by atoms with van der Waals surface area (Å²) >= 11 is 0. The van der Waals surface area contributed by atoms with E-state index in [4.69, 9.17) is 5.73 Å². The highest BCUT2D eigenvalue weighted by molar-refractivity contribution is 5.21. The number of likely N-dealkylation sites (N-methyl/N-ethyl adjacent to an activating group) is 1. The van der Waals surface area contributed by atoms with Gasteiger partial charge in [-0.2, -0.15) is 0 Å². The number of hydrogen-bond donors (Lipinski definition) is 1. The van der Waals surface area contributed by atoms with Crippen molar-refractivity contribution in [1.82, 2.24) is 9.88 Å². The van der Waals surface area contributed by atoms with Gasteiger partial charge in [0, 0.05) is 31.0 Å². The quantitative estimate of drug-likeness (QED) is 0.778. The topological polar surface area (TPSA) is 42.1 Å². The summed E-state index contributed by atoms with van der Waals surface area (Å²) in [6.45, 7) is 6.62. The average Bonchev–Trinajstić information content (AvgIpc) is 2.10. The Balaban J connectivity index is 2.67. The smallest absolute Gasteiger partial charge is 0.0420 e. The Hall–Kier alpha value is -0.930. The Bertz CT molecular complexity index is 297. The summed E-state index contributed by atoms with van der Waals surface area (Å²) in [4.78, 5) is 6.64. The Morgan fingerprint density at radius 3 is 2.64 bits per heavy atom. The zero-order valence-corrected chi connectivity index (χ0v) is 9.25. The second-order valence-electron chi connectivity index (χ2n) is 3.72. The van der Waals surface area contributed by atoms with Crippen LogP contribution >= 0.6 is 0 Å². The van der Waals surface area contributed by atoms with Crippen LogP contribution in [0.25, 0.3) is 0 Å². The lowest BCUT2D eigenvalue weighted by Gasteiger charge is -2.16. The van der Waals surface area contributed by atoms with Gasteiger partial charge in [0.2, 0.25) is 0 Å². The van der Waals surface area contributed by atoms with Crippen molar-refractivity contribution >= 4 is 0 Å². The van der Waals surface area contributed by atoms with Crippen molar-refractivity contribution in [2.75, 3.05) is 20.1 Å². The molecule has 3 nitrogen and oxygen atoms in total. The zero-order valence-electron chi connectivity index (χ0n) is 9.25. The Morgan fingerprint density at radius 1 is 1.36 bits per heavy atom. The molecule has 14 heavy (non-hydrogen) atoms. The summed E-state index contributed by atoms with van der Waals surface area (Å²) in [7, 11) is 2.08. The van der Waals surface area contributed by atoms with Gasteiger partial charge in [-0.3, -0.25) is 4.98 Å². The lowest BCUT2D eigenvalue weighted by molar-refractivity contribution is 0.335. The van der Waals surface area contributed by atoms with Crippen LogP contribution in [0.3, 0.4) is 0 Å². The molecule has 78 valence electrons. The van der Waals surface area contributed by atoms with Crippen LogP contribution in [-0.4, -0.2) is 30.0 Å². The van der Waals surface area contributed by atoms with Gasteiger partial charge in [-0.05, 0) is 32.5 Å². The Morgan fingerprint density at radius 2 is 2.07 bits per heavy atom. The predicted octanol–water partition coefficient (Wildman–Crippen LogP) is 1.09. The third-order valence-corrected chi connectivity index (χ3v) is 2.29. The van der Waals surface area contributed by atoms with Crippen LogP contribution < -0.4 is 5.73 Å². The maximum absolute atomic E-state index is 5.49. The van der Waals surface area contributed by atoms with Gasteiger partial charge >= 0.3 is 0 Å². The summed E-state index contributed by atoms with van der Waals surface area (Å²) in [6, 6.07) is 4.20. The van der Waals surface area contributed by atoms with E-state index in [1.165, 1.54) is 5.56 Å². The highest BCUT2D eigenvalue weighted by Crippen LogP contribution is 2.08. The highest BCUT2D eigenvalue weighted by atomic mass is 15.1. The van der Waals surface area contributed by atoms with E-state index < -0.39 is 0 Å². The monoisotopic (exact) mass is 193 g/mol. The largest absolute Gasteiger partial charge is 0.329 e. The molecule has 1 rings (SSSR count). The average molecular weight is 193 g/mol. The van der Waals surface area contributed by atoms with Crippen molar-refractivity contribution in [1.29, 1.82) is 0 Å². The SMILES string of the molecule is Cc1ccc(CN(C)CCN)c(C)n1. The van der Waals surface area contributed by atoms with Crippen molar-refractivity contribution in [2.24, 2.45) is 5.73 Å². The third kappa shape index (κ3) is 3.09. The molecule has 0 aliphatic heterocycles. The van der Waals surface area contributed by atoms with E-state index in [9.17, 15) is 0 Å². The lowest BCUT2D eigenvalue weighted by Crippen LogP contribution is -2.25. The number of hydrogen-bond acceptors (Lipinski definition) is 3. The predicted molar refractivity (Wildman–Crippen MR) is 59.1 cm³/mol. The summed E-state index contributed by atoms with van der Waals surface area (Å²) in [6.07, 6.45) is 0. The molecule has 0 aliphatic carbocycles. The molecule has 1 aromatic heterocycles. The van der Waals surface area contributed by atoms with Crippen molar-refractivity contribution in [3.8, 4) is 0 Å². The Labute approximate surface area is 85.9 Å². The van der Waals surface area contributed by atoms with E-state index in [1.54, 1.807) is 0 Å². The fourth-order valence-electron chi connectivity index (χ4n) is 1.47. The van der Waals surface area contributed by atoms with Gasteiger partial charge < -0.3 is 10.6 Å². The zero-order chi connectivity index (χ0) is 10.6. The molecule has 0 fully saturated rings. The normalized spacial score (nSPS) is 10.9. The fraction of sp³-hybridized carbons (Fsp3) is 0.545. The van der Waals surface area contributed by atoms with E-state index in [2.05, 4.69) is 36.0 Å². The van der Waals surface area contributed by atoms with E-state index in [0.717, 1.165) is 24.5 Å². The first-order valence-corrected chi connectivity index (χ1v) is 4.95. The third-order valence-electron chi connectivity index (χ3n) is 2.29. The van der Waals surface area contributed by atoms with Crippen LogP contribution in [0, 0.1) is 13.8 Å². The van der Waals surface area contributed by atoms with Gasteiger partial charge in [0.15, 0.2) is 0 Å². The minimum atomic E-state index is 0.703. The number of aromatic nitrogens is 1. The Kier molecular flexibility index (Phi) is 4.04. The molecule has 0 spiro atoms. The second-order valence-corrected chi connectivity index (χ2v) is 3.72. The molecule has 0 saturated carbocycles. The highest BCUT2D eigenvalue weighted by Gasteiger charge is 2.03. The van der Waals surface area contributed by atoms with Crippen LogP contribution in [-0.2, 0) is 6.54 Å². The minimum Gasteiger partial charge on any atom is -0.329 e. The van der Waals surface area contributed by atoms with E-state index in [-0.39, 0.29) is 0 Å². The van der Waals surface area contributed by atoms with E-state index >= 15 is 0 Å². The van der Waals surface area contributed by atoms with E-state index in [1.807, 2.05) is 6.92 Å². The lowest BCUT2D eigenvalue weighted by atomic mass is 10.2. The maximum Gasteiger partial charge on any atom is 0.0420 e. The van der Waals surface area contributed by atoms with Crippen LogP contribution in [0.4, 0.5) is 0 Å². The minimum absolute atomic E-state index is 0.703. The molecule has 0 unspecified atom stereocenters. The van der Waals surface area contributed by atoms with Gasteiger partial charge in [0.25, 0.3) is 0 Å². The van der Waals surface area contributed by atoms with Gasteiger partial charge in [-0.1, -0.05) is 6.07 Å². The second kappa shape index (κ2) is 5.08. The molecule has 0 aliphatic rings. The first kappa shape index (κ1) is 11.1. The van der Waals surface area contributed by atoms with Crippen LogP contribution in [0.1, 0.15) is 17.0 Å². The van der Waals surface area contributed by atoms with Crippen molar-refractivity contribution in [2.45, 2.75) is 20.4 Å². The van der Waals surface area contributed by atoms with Gasteiger partial charge in [0.1, 0.15) is 0 Å². The maximum atomic E-state index is 5.49. The fourth-order valence-corrected chi connectivity index (χ4v) is 1.47. The standard InChI is InChI=1S/C11H19N3/c1-9-4-5-11(10(2)13-9)8-14(3)7-6-12/h4-5H,6-8,12H2,1-3H3. The molecule has 0 bridgehead atoms. The number of aryl methyl sites for hydroxylation is 2. The molecule has 3 heteroatoms. The number of nitrogens with zero attached hydrogens (tertiary/aromatic N) is 2. The molecule has 1 aromatic rings. The molecular formula is C11H19N3. The summed E-state index contributed by atoms with van der Waals surface area (Å²) < 4.78 is 0. The first-order valence-electron chi connectivity index (χ1n) is 4.95. The van der Waals surface area contributed by atoms with Gasteiger partial charge in [0.05, 0.1) is 0 Å². The van der Waals surface area contributed by atoms with Crippen LogP contribution in [0.15, 0.2) is 12.1 Å². The van der Waals surface area contributed by atoms with Crippen molar-refractivity contribution in [3.05, 3.63) is 29.1 Å². The molecule has 0 amide bonds.